The second-order valence-electron chi connectivity index (χ2n) is 4.78. The maximum absolute atomic E-state index is 3.57. The van der Waals surface area contributed by atoms with E-state index >= 15 is 0 Å². The fourth-order valence-corrected chi connectivity index (χ4v) is 2.80. The van der Waals surface area contributed by atoms with Crippen molar-refractivity contribution in [3.8, 4) is 0 Å². The van der Waals surface area contributed by atoms with E-state index in [1.54, 1.807) is 0 Å². The van der Waals surface area contributed by atoms with Crippen LogP contribution in [0, 0.1) is 17.8 Å². The maximum Gasteiger partial charge on any atom is 0.00695 e. The van der Waals surface area contributed by atoms with Crippen LogP contribution >= 0.6 is 0 Å². The summed E-state index contributed by atoms with van der Waals surface area (Å²) in [7, 11) is 0. The van der Waals surface area contributed by atoms with Crippen LogP contribution in [0.1, 0.15) is 47.0 Å². The van der Waals surface area contributed by atoms with E-state index in [1.807, 2.05) is 0 Å². The molecule has 0 aliphatic heterocycles. The lowest BCUT2D eigenvalue weighted by atomic mass is 9.71. The highest BCUT2D eigenvalue weighted by Crippen LogP contribution is 2.35. The van der Waals surface area contributed by atoms with Crippen LogP contribution in [0.2, 0.25) is 0 Å². The first kappa shape index (κ1) is 11.0. The third-order valence-electron chi connectivity index (χ3n) is 3.94. The first-order valence-corrected chi connectivity index (χ1v) is 5.90. The maximum atomic E-state index is 3.57. The average molecular weight is 183 g/mol. The van der Waals surface area contributed by atoms with Crippen molar-refractivity contribution in [3.63, 3.8) is 0 Å². The normalized spacial score (nSPS) is 37.4. The molecule has 0 aromatic carbocycles. The zero-order valence-corrected chi connectivity index (χ0v) is 9.64. The molecule has 0 amide bonds. The van der Waals surface area contributed by atoms with E-state index in [-0.39, 0.29) is 0 Å². The van der Waals surface area contributed by atoms with Gasteiger partial charge in [-0.15, -0.1) is 0 Å². The summed E-state index contributed by atoms with van der Waals surface area (Å²) in [6, 6.07) is 0.711. The standard InChI is InChI=1S/C12H25N/c1-5-13-11(4)12-8-6-7-9(2)10(12)3/h9-13H,5-8H2,1-4H3. The lowest BCUT2D eigenvalue weighted by Crippen LogP contribution is -2.40. The molecule has 4 atom stereocenters. The van der Waals surface area contributed by atoms with Crippen molar-refractivity contribution in [3.05, 3.63) is 0 Å². The molecule has 0 aromatic rings. The van der Waals surface area contributed by atoms with Gasteiger partial charge in [0.1, 0.15) is 0 Å². The van der Waals surface area contributed by atoms with Crippen molar-refractivity contribution in [2.24, 2.45) is 17.8 Å². The Morgan fingerprint density at radius 1 is 1.31 bits per heavy atom. The Bertz CT molecular complexity index is 144. The molecular weight excluding hydrogens is 158 g/mol. The second kappa shape index (κ2) is 4.99. The molecule has 0 heterocycles. The summed E-state index contributed by atoms with van der Waals surface area (Å²) in [5.41, 5.74) is 0. The van der Waals surface area contributed by atoms with Crippen LogP contribution in [0.15, 0.2) is 0 Å². The van der Waals surface area contributed by atoms with Crippen molar-refractivity contribution in [1.29, 1.82) is 0 Å². The van der Waals surface area contributed by atoms with Crippen LogP contribution in [0.3, 0.4) is 0 Å². The van der Waals surface area contributed by atoms with Gasteiger partial charge < -0.3 is 5.32 Å². The highest BCUT2D eigenvalue weighted by atomic mass is 14.9. The van der Waals surface area contributed by atoms with Gasteiger partial charge >= 0.3 is 0 Å². The minimum atomic E-state index is 0.711. The topological polar surface area (TPSA) is 12.0 Å². The predicted molar refractivity (Wildman–Crippen MR) is 58.8 cm³/mol. The molecule has 1 fully saturated rings. The van der Waals surface area contributed by atoms with Gasteiger partial charge in [0.15, 0.2) is 0 Å². The molecule has 0 aromatic heterocycles. The van der Waals surface area contributed by atoms with Gasteiger partial charge in [0, 0.05) is 6.04 Å². The largest absolute Gasteiger partial charge is 0.314 e. The Morgan fingerprint density at radius 2 is 2.00 bits per heavy atom. The van der Waals surface area contributed by atoms with E-state index in [2.05, 4.69) is 33.0 Å². The van der Waals surface area contributed by atoms with Gasteiger partial charge in [0.25, 0.3) is 0 Å². The summed E-state index contributed by atoms with van der Waals surface area (Å²) in [6.07, 6.45) is 4.31. The Labute approximate surface area is 83.3 Å². The fraction of sp³-hybridized carbons (Fsp3) is 1.00. The van der Waals surface area contributed by atoms with Gasteiger partial charge in [0.05, 0.1) is 0 Å². The Morgan fingerprint density at radius 3 is 2.62 bits per heavy atom. The van der Waals surface area contributed by atoms with Crippen LogP contribution in [0.5, 0.6) is 0 Å². The average Bonchev–Trinajstić information content (AvgIpc) is 2.10. The van der Waals surface area contributed by atoms with Crippen molar-refractivity contribution >= 4 is 0 Å². The molecule has 1 heteroatoms. The van der Waals surface area contributed by atoms with Crippen LogP contribution in [0.4, 0.5) is 0 Å². The summed E-state index contributed by atoms with van der Waals surface area (Å²) in [5, 5.41) is 3.57. The molecule has 0 radical (unpaired) electrons. The first-order valence-electron chi connectivity index (χ1n) is 5.90. The van der Waals surface area contributed by atoms with Crippen molar-refractivity contribution in [2.45, 2.75) is 53.0 Å². The molecule has 1 N–H and O–H groups in total. The van der Waals surface area contributed by atoms with Crippen LogP contribution in [0.25, 0.3) is 0 Å². The number of hydrogen-bond acceptors (Lipinski definition) is 1. The molecule has 13 heavy (non-hydrogen) atoms. The van der Waals surface area contributed by atoms with Gasteiger partial charge in [-0.05, 0) is 37.6 Å². The molecule has 1 aliphatic rings. The Kier molecular flexibility index (Phi) is 4.24. The van der Waals surface area contributed by atoms with Crippen molar-refractivity contribution in [1.82, 2.24) is 5.32 Å². The minimum absolute atomic E-state index is 0.711. The minimum Gasteiger partial charge on any atom is -0.314 e. The van der Waals surface area contributed by atoms with Gasteiger partial charge in [-0.25, -0.2) is 0 Å². The van der Waals surface area contributed by atoms with Gasteiger partial charge in [-0.1, -0.05) is 33.6 Å². The summed E-state index contributed by atoms with van der Waals surface area (Å²) >= 11 is 0. The molecule has 1 nitrogen and oxygen atoms in total. The first-order chi connectivity index (χ1) is 6.16. The molecule has 78 valence electrons. The highest BCUT2D eigenvalue weighted by Gasteiger charge is 2.30. The SMILES string of the molecule is CCNC(C)C1CCCC(C)C1C. The zero-order chi connectivity index (χ0) is 9.84. The number of hydrogen-bond donors (Lipinski definition) is 1. The van der Waals surface area contributed by atoms with Crippen LogP contribution < -0.4 is 5.32 Å². The van der Waals surface area contributed by atoms with Crippen LogP contribution in [-0.2, 0) is 0 Å². The van der Waals surface area contributed by atoms with E-state index < -0.39 is 0 Å². The number of nitrogens with one attached hydrogen (secondary N) is 1. The van der Waals surface area contributed by atoms with Gasteiger partial charge in [-0.3, -0.25) is 0 Å². The van der Waals surface area contributed by atoms with E-state index in [9.17, 15) is 0 Å². The Balaban J connectivity index is 2.46. The summed E-state index contributed by atoms with van der Waals surface area (Å²) in [5.74, 6) is 2.74. The summed E-state index contributed by atoms with van der Waals surface area (Å²) < 4.78 is 0. The van der Waals surface area contributed by atoms with Crippen molar-refractivity contribution < 1.29 is 0 Å². The van der Waals surface area contributed by atoms with Crippen LogP contribution in [-0.4, -0.2) is 12.6 Å². The fourth-order valence-electron chi connectivity index (χ4n) is 2.80. The lowest BCUT2D eigenvalue weighted by Gasteiger charge is -2.38. The quantitative estimate of drug-likeness (QED) is 0.709. The molecule has 1 saturated carbocycles. The molecule has 0 saturated heterocycles. The van der Waals surface area contributed by atoms with E-state index in [0.717, 1.165) is 24.3 Å². The molecule has 1 aliphatic carbocycles. The molecular formula is C12H25N. The zero-order valence-electron chi connectivity index (χ0n) is 9.64. The second-order valence-corrected chi connectivity index (χ2v) is 4.78. The predicted octanol–water partition coefficient (Wildman–Crippen LogP) is 3.06. The van der Waals surface area contributed by atoms with Gasteiger partial charge in [-0.2, -0.15) is 0 Å². The van der Waals surface area contributed by atoms with E-state index in [1.165, 1.54) is 19.3 Å². The molecule has 0 spiro atoms. The molecule has 4 unspecified atom stereocenters. The third-order valence-corrected chi connectivity index (χ3v) is 3.94. The summed E-state index contributed by atoms with van der Waals surface area (Å²) in [4.78, 5) is 0. The Hall–Kier alpha value is -0.0400. The smallest absolute Gasteiger partial charge is 0.00695 e. The third kappa shape index (κ3) is 2.70. The lowest BCUT2D eigenvalue weighted by molar-refractivity contribution is 0.147. The number of rotatable bonds is 3. The van der Waals surface area contributed by atoms with E-state index in [4.69, 9.17) is 0 Å². The van der Waals surface area contributed by atoms with E-state index in [0.29, 0.717) is 6.04 Å². The molecule has 0 bridgehead atoms. The van der Waals surface area contributed by atoms with Gasteiger partial charge in [0.2, 0.25) is 0 Å². The van der Waals surface area contributed by atoms with Crippen molar-refractivity contribution in [2.75, 3.05) is 6.54 Å². The monoisotopic (exact) mass is 183 g/mol. The molecule has 1 rings (SSSR count). The highest BCUT2D eigenvalue weighted by molar-refractivity contribution is 4.83. The summed E-state index contributed by atoms with van der Waals surface area (Å²) in [6.45, 7) is 10.5.